The number of carbonyl (C=O) groups is 1. The number of likely N-dealkylation sites (tertiary alicyclic amines) is 2. The van der Waals surface area contributed by atoms with E-state index < -0.39 is 0 Å². The van der Waals surface area contributed by atoms with E-state index in [1.54, 1.807) is 0 Å². The minimum Gasteiger partial charge on any atom is -0.338 e. The Kier molecular flexibility index (Phi) is 5.73. The molecule has 2 aliphatic rings. The maximum atomic E-state index is 13.2. The van der Waals surface area contributed by atoms with Crippen molar-refractivity contribution in [2.75, 3.05) is 32.7 Å². The largest absolute Gasteiger partial charge is 0.338 e. The van der Waals surface area contributed by atoms with Crippen LogP contribution in [-0.2, 0) is 0 Å². The highest BCUT2D eigenvalue weighted by Crippen LogP contribution is 2.26. The Balaban J connectivity index is 1.49. The fourth-order valence-electron chi connectivity index (χ4n) is 4.56. The number of piperidine rings is 1. The quantitative estimate of drug-likeness (QED) is 0.808. The summed E-state index contributed by atoms with van der Waals surface area (Å²) in [5, 5.41) is 9.38. The third-order valence-electron chi connectivity index (χ3n) is 5.99. The maximum absolute atomic E-state index is 13.2. The lowest BCUT2D eigenvalue weighted by atomic mass is 9.95. The van der Waals surface area contributed by atoms with Crippen LogP contribution < -0.4 is 0 Å². The van der Waals surface area contributed by atoms with Gasteiger partial charge in [0.2, 0.25) is 0 Å². The van der Waals surface area contributed by atoms with E-state index in [2.05, 4.69) is 11.0 Å². The summed E-state index contributed by atoms with van der Waals surface area (Å²) >= 11 is 0. The average Bonchev–Trinajstić information content (AvgIpc) is 3.26. The highest BCUT2D eigenvalue weighted by Gasteiger charge is 2.26. The third-order valence-corrected chi connectivity index (χ3v) is 5.99. The molecule has 2 saturated heterocycles. The van der Waals surface area contributed by atoms with Crippen LogP contribution in [0.25, 0.3) is 11.1 Å². The zero-order valence-electron chi connectivity index (χ0n) is 16.3. The van der Waals surface area contributed by atoms with E-state index in [0.29, 0.717) is 17.0 Å². The van der Waals surface area contributed by atoms with E-state index >= 15 is 0 Å². The van der Waals surface area contributed by atoms with E-state index in [0.717, 1.165) is 37.2 Å². The van der Waals surface area contributed by atoms with Crippen LogP contribution in [0.5, 0.6) is 0 Å². The molecule has 2 aromatic carbocycles. The topological polar surface area (TPSA) is 47.3 Å². The number of hydrogen-bond donors (Lipinski definition) is 0. The first-order valence-corrected chi connectivity index (χ1v) is 10.4. The Morgan fingerprint density at radius 3 is 2.68 bits per heavy atom. The van der Waals surface area contributed by atoms with Gasteiger partial charge >= 0.3 is 0 Å². The minimum atomic E-state index is 0.113. The molecule has 28 heavy (non-hydrogen) atoms. The molecule has 4 nitrogen and oxygen atoms in total. The van der Waals surface area contributed by atoms with Crippen LogP contribution >= 0.6 is 0 Å². The van der Waals surface area contributed by atoms with Gasteiger partial charge in [0.25, 0.3) is 5.91 Å². The van der Waals surface area contributed by atoms with Crippen molar-refractivity contribution in [1.82, 2.24) is 9.80 Å². The fourth-order valence-corrected chi connectivity index (χ4v) is 4.56. The molecular weight excluding hydrogens is 346 g/mol. The molecule has 0 spiro atoms. The van der Waals surface area contributed by atoms with Crippen molar-refractivity contribution in [2.45, 2.75) is 25.7 Å². The second kappa shape index (κ2) is 8.58. The Morgan fingerprint density at radius 2 is 1.86 bits per heavy atom. The van der Waals surface area contributed by atoms with Gasteiger partial charge in [-0.1, -0.05) is 30.3 Å². The number of amides is 1. The van der Waals surface area contributed by atoms with Crippen molar-refractivity contribution >= 4 is 5.91 Å². The average molecular weight is 374 g/mol. The smallest absolute Gasteiger partial charge is 0.253 e. The number of nitriles is 1. The third kappa shape index (κ3) is 4.10. The summed E-state index contributed by atoms with van der Waals surface area (Å²) in [5.74, 6) is 0.695. The Labute approximate surface area is 167 Å². The lowest BCUT2D eigenvalue weighted by Crippen LogP contribution is -2.43. The normalized spacial score (nSPS) is 20.1. The number of benzene rings is 2. The Hall–Kier alpha value is -2.64. The summed E-state index contributed by atoms with van der Waals surface area (Å²) < 4.78 is 0. The summed E-state index contributed by atoms with van der Waals surface area (Å²) in [7, 11) is 0. The lowest BCUT2D eigenvalue weighted by molar-refractivity contribution is 0.0648. The number of carbonyl (C=O) groups excluding carboxylic acids is 1. The molecule has 4 heteroatoms. The van der Waals surface area contributed by atoms with Crippen LogP contribution in [-0.4, -0.2) is 48.4 Å². The van der Waals surface area contributed by atoms with Crippen LogP contribution in [0, 0.1) is 17.2 Å². The molecule has 2 fully saturated rings. The summed E-state index contributed by atoms with van der Waals surface area (Å²) in [6, 6.07) is 17.5. The fraction of sp³-hybridized carbons (Fsp3) is 0.417. The van der Waals surface area contributed by atoms with Gasteiger partial charge in [-0.2, -0.15) is 5.26 Å². The van der Waals surface area contributed by atoms with E-state index in [9.17, 15) is 10.1 Å². The molecule has 0 saturated carbocycles. The number of nitrogens with zero attached hydrogens (tertiary/aromatic N) is 3. The molecule has 1 amide bonds. The molecule has 0 aliphatic carbocycles. The van der Waals surface area contributed by atoms with Gasteiger partial charge in [0.1, 0.15) is 0 Å². The van der Waals surface area contributed by atoms with Crippen LogP contribution in [0.4, 0.5) is 0 Å². The number of hydrogen-bond acceptors (Lipinski definition) is 3. The predicted octanol–water partition coefficient (Wildman–Crippen LogP) is 4.17. The molecule has 0 N–H and O–H groups in total. The molecule has 144 valence electrons. The highest BCUT2D eigenvalue weighted by atomic mass is 16.2. The maximum Gasteiger partial charge on any atom is 0.253 e. The van der Waals surface area contributed by atoms with Crippen molar-refractivity contribution in [2.24, 2.45) is 5.92 Å². The summed E-state index contributed by atoms with van der Waals surface area (Å²) in [4.78, 5) is 17.7. The van der Waals surface area contributed by atoms with Gasteiger partial charge in [0.15, 0.2) is 0 Å². The minimum absolute atomic E-state index is 0.113. The van der Waals surface area contributed by atoms with Gasteiger partial charge in [-0.25, -0.2) is 0 Å². The summed E-state index contributed by atoms with van der Waals surface area (Å²) in [6.07, 6.45) is 4.93. The zero-order valence-corrected chi connectivity index (χ0v) is 16.3. The van der Waals surface area contributed by atoms with Gasteiger partial charge in [-0.05, 0) is 74.0 Å². The highest BCUT2D eigenvalue weighted by molar-refractivity contribution is 5.95. The second-order valence-electron chi connectivity index (χ2n) is 8.01. The molecule has 0 bridgehead atoms. The van der Waals surface area contributed by atoms with Gasteiger partial charge < -0.3 is 9.80 Å². The van der Waals surface area contributed by atoms with E-state index in [1.807, 2.05) is 53.4 Å². The summed E-state index contributed by atoms with van der Waals surface area (Å²) in [6.45, 7) is 5.25. The van der Waals surface area contributed by atoms with Crippen molar-refractivity contribution in [3.63, 3.8) is 0 Å². The summed E-state index contributed by atoms with van der Waals surface area (Å²) in [5.41, 5.74) is 3.15. The van der Waals surface area contributed by atoms with Crippen LogP contribution in [0.1, 0.15) is 41.6 Å². The molecule has 4 rings (SSSR count). The van der Waals surface area contributed by atoms with E-state index in [4.69, 9.17) is 0 Å². The molecule has 0 aromatic heterocycles. The SMILES string of the molecule is N#Cc1ccccc1-c1cccc(C(=O)N2CCCC(CN3CCCC3)C2)c1. The first-order valence-electron chi connectivity index (χ1n) is 10.4. The molecular formula is C24H27N3O. The van der Waals surface area contributed by atoms with E-state index in [1.165, 1.54) is 32.4 Å². The molecule has 0 radical (unpaired) electrons. The van der Waals surface area contributed by atoms with Gasteiger partial charge in [-0.3, -0.25) is 4.79 Å². The second-order valence-corrected chi connectivity index (χ2v) is 8.01. The standard InChI is InChI=1S/C24H27N3O/c25-16-22-8-1-2-11-23(22)20-9-5-10-21(15-20)24(28)27-14-6-7-19(18-27)17-26-12-3-4-13-26/h1-2,5,8-11,15,19H,3-4,6-7,12-14,17-18H2. The van der Waals surface area contributed by atoms with Crippen LogP contribution in [0.3, 0.4) is 0 Å². The van der Waals surface area contributed by atoms with Gasteiger partial charge in [0, 0.05) is 25.2 Å². The lowest BCUT2D eigenvalue weighted by Gasteiger charge is -2.34. The predicted molar refractivity (Wildman–Crippen MR) is 111 cm³/mol. The monoisotopic (exact) mass is 373 g/mol. The van der Waals surface area contributed by atoms with Crippen molar-refractivity contribution in [3.8, 4) is 17.2 Å². The van der Waals surface area contributed by atoms with Gasteiger partial charge in [-0.15, -0.1) is 0 Å². The first kappa shape index (κ1) is 18.7. The number of rotatable bonds is 4. The van der Waals surface area contributed by atoms with Gasteiger partial charge in [0.05, 0.1) is 11.6 Å². The van der Waals surface area contributed by atoms with Crippen molar-refractivity contribution in [3.05, 3.63) is 59.7 Å². The molecule has 2 aliphatic heterocycles. The molecule has 1 unspecified atom stereocenters. The van der Waals surface area contributed by atoms with Crippen LogP contribution in [0.2, 0.25) is 0 Å². The first-order chi connectivity index (χ1) is 13.7. The zero-order chi connectivity index (χ0) is 19.3. The molecule has 2 aromatic rings. The van der Waals surface area contributed by atoms with Crippen molar-refractivity contribution in [1.29, 1.82) is 5.26 Å². The molecule has 2 heterocycles. The van der Waals surface area contributed by atoms with Crippen LogP contribution in [0.15, 0.2) is 48.5 Å². The van der Waals surface area contributed by atoms with Crippen molar-refractivity contribution < 1.29 is 4.79 Å². The Morgan fingerprint density at radius 1 is 1.04 bits per heavy atom. The molecule has 1 atom stereocenters. The Bertz CT molecular complexity index is 879. The van der Waals surface area contributed by atoms with E-state index in [-0.39, 0.29) is 5.91 Å².